The Bertz CT molecular complexity index is 482. The zero-order chi connectivity index (χ0) is 14.7. The molecular weight excluding hydrogens is 270 g/mol. The van der Waals surface area contributed by atoms with E-state index in [1.807, 2.05) is 4.90 Å². The van der Waals surface area contributed by atoms with Crippen LogP contribution in [0.3, 0.4) is 0 Å². The minimum absolute atomic E-state index is 0.143. The summed E-state index contributed by atoms with van der Waals surface area (Å²) in [6.45, 7) is 1.22. The summed E-state index contributed by atoms with van der Waals surface area (Å²) in [4.78, 5) is 18.5. The number of hydrogen-bond acceptors (Lipinski definition) is 5. The molecule has 1 aromatic rings. The first-order chi connectivity index (χ1) is 10.3. The SMILES string of the molecule is O=C(CC1CCCCC1)N1CCC(c2noc(CO)n2)C1. The molecular formula is C15H23N3O3. The Balaban J connectivity index is 1.52. The summed E-state index contributed by atoms with van der Waals surface area (Å²) >= 11 is 0. The molecule has 0 radical (unpaired) electrons. The summed E-state index contributed by atoms with van der Waals surface area (Å²) in [6.07, 6.45) is 7.84. The van der Waals surface area contributed by atoms with Gasteiger partial charge >= 0.3 is 0 Å². The molecule has 21 heavy (non-hydrogen) atoms. The average molecular weight is 293 g/mol. The highest BCUT2D eigenvalue weighted by atomic mass is 16.5. The van der Waals surface area contributed by atoms with Crippen molar-refractivity contribution in [2.75, 3.05) is 13.1 Å². The standard InChI is InChI=1S/C15H23N3O3/c19-10-13-16-15(17-21-13)12-6-7-18(9-12)14(20)8-11-4-2-1-3-5-11/h11-12,19H,1-10H2. The Morgan fingerprint density at radius 2 is 2.10 bits per heavy atom. The van der Waals surface area contributed by atoms with Crippen LogP contribution in [0.5, 0.6) is 0 Å². The van der Waals surface area contributed by atoms with Gasteiger partial charge in [-0.1, -0.05) is 24.4 Å². The van der Waals surface area contributed by atoms with E-state index in [4.69, 9.17) is 9.63 Å². The van der Waals surface area contributed by atoms with E-state index in [0.717, 1.165) is 13.0 Å². The van der Waals surface area contributed by atoms with Crippen LogP contribution in [0.15, 0.2) is 4.52 Å². The summed E-state index contributed by atoms with van der Waals surface area (Å²) in [5.74, 6) is 1.86. The van der Waals surface area contributed by atoms with Gasteiger partial charge in [-0.3, -0.25) is 4.79 Å². The van der Waals surface area contributed by atoms with E-state index in [0.29, 0.717) is 24.7 Å². The van der Waals surface area contributed by atoms with Gasteiger partial charge in [-0.2, -0.15) is 4.98 Å². The van der Waals surface area contributed by atoms with Gasteiger partial charge in [0.15, 0.2) is 5.82 Å². The van der Waals surface area contributed by atoms with E-state index in [-0.39, 0.29) is 24.3 Å². The summed E-state index contributed by atoms with van der Waals surface area (Å²) in [5.41, 5.74) is 0. The number of nitrogens with zero attached hydrogens (tertiary/aromatic N) is 3. The van der Waals surface area contributed by atoms with Gasteiger partial charge in [-0.05, 0) is 25.2 Å². The van der Waals surface area contributed by atoms with Crippen molar-refractivity contribution in [1.82, 2.24) is 15.0 Å². The second kappa shape index (κ2) is 6.56. The summed E-state index contributed by atoms with van der Waals surface area (Å²) in [6, 6.07) is 0. The number of amides is 1. The van der Waals surface area contributed by atoms with Gasteiger partial charge in [-0.25, -0.2) is 0 Å². The number of aliphatic hydroxyl groups is 1. The largest absolute Gasteiger partial charge is 0.387 e. The molecule has 1 amide bonds. The quantitative estimate of drug-likeness (QED) is 0.916. The van der Waals surface area contributed by atoms with Crippen LogP contribution in [0.2, 0.25) is 0 Å². The molecule has 2 aliphatic rings. The second-order valence-corrected chi connectivity index (χ2v) is 6.24. The van der Waals surface area contributed by atoms with Crippen molar-refractivity contribution in [3.8, 4) is 0 Å². The van der Waals surface area contributed by atoms with Crippen LogP contribution in [0.25, 0.3) is 0 Å². The van der Waals surface area contributed by atoms with Crippen molar-refractivity contribution in [2.45, 2.75) is 57.5 Å². The maximum atomic E-state index is 12.4. The number of aliphatic hydroxyl groups excluding tert-OH is 1. The highest BCUT2D eigenvalue weighted by Gasteiger charge is 2.31. The summed E-state index contributed by atoms with van der Waals surface area (Å²) in [7, 11) is 0. The highest BCUT2D eigenvalue weighted by molar-refractivity contribution is 5.76. The van der Waals surface area contributed by atoms with Crippen LogP contribution < -0.4 is 0 Å². The molecule has 1 unspecified atom stereocenters. The summed E-state index contributed by atoms with van der Waals surface area (Å²) in [5, 5.41) is 12.8. The molecule has 1 saturated heterocycles. The van der Waals surface area contributed by atoms with Crippen LogP contribution >= 0.6 is 0 Å². The first-order valence-electron chi connectivity index (χ1n) is 7.97. The zero-order valence-corrected chi connectivity index (χ0v) is 12.3. The molecule has 1 aromatic heterocycles. The maximum absolute atomic E-state index is 12.4. The van der Waals surface area contributed by atoms with E-state index in [1.54, 1.807) is 0 Å². The van der Waals surface area contributed by atoms with Gasteiger partial charge in [0, 0.05) is 25.4 Å². The van der Waals surface area contributed by atoms with Crippen molar-refractivity contribution < 1.29 is 14.4 Å². The van der Waals surface area contributed by atoms with Gasteiger partial charge in [0.25, 0.3) is 5.89 Å². The summed E-state index contributed by atoms with van der Waals surface area (Å²) < 4.78 is 4.93. The lowest BCUT2D eigenvalue weighted by molar-refractivity contribution is -0.131. The molecule has 6 heteroatoms. The van der Waals surface area contributed by atoms with E-state index >= 15 is 0 Å². The number of hydrogen-bond donors (Lipinski definition) is 1. The molecule has 0 bridgehead atoms. The fourth-order valence-corrected chi connectivity index (χ4v) is 3.46. The van der Waals surface area contributed by atoms with Crippen molar-refractivity contribution in [2.24, 2.45) is 5.92 Å². The lowest BCUT2D eigenvalue weighted by Gasteiger charge is -2.24. The first-order valence-corrected chi connectivity index (χ1v) is 7.97. The van der Waals surface area contributed by atoms with E-state index in [9.17, 15) is 4.79 Å². The van der Waals surface area contributed by atoms with Crippen LogP contribution in [-0.4, -0.2) is 39.1 Å². The molecule has 1 aliphatic heterocycles. The maximum Gasteiger partial charge on any atom is 0.252 e. The van der Waals surface area contributed by atoms with Crippen LogP contribution in [0, 0.1) is 5.92 Å². The Morgan fingerprint density at radius 1 is 1.29 bits per heavy atom. The number of carbonyl (C=O) groups excluding carboxylic acids is 1. The smallest absolute Gasteiger partial charge is 0.252 e. The van der Waals surface area contributed by atoms with Crippen LogP contribution in [0.4, 0.5) is 0 Å². The minimum atomic E-state index is -0.232. The van der Waals surface area contributed by atoms with Gasteiger partial charge in [0.2, 0.25) is 5.91 Å². The third kappa shape index (κ3) is 3.43. The molecule has 0 spiro atoms. The predicted octanol–water partition coefficient (Wildman–Crippen LogP) is 1.85. The third-order valence-corrected chi connectivity index (χ3v) is 4.71. The molecule has 6 nitrogen and oxygen atoms in total. The van der Waals surface area contributed by atoms with Crippen molar-refractivity contribution in [3.63, 3.8) is 0 Å². The van der Waals surface area contributed by atoms with Gasteiger partial charge in [-0.15, -0.1) is 0 Å². The molecule has 1 aliphatic carbocycles. The third-order valence-electron chi connectivity index (χ3n) is 4.71. The average Bonchev–Trinajstić information content (AvgIpc) is 3.17. The fraction of sp³-hybridized carbons (Fsp3) is 0.800. The molecule has 3 rings (SSSR count). The Kier molecular flexibility index (Phi) is 4.53. The van der Waals surface area contributed by atoms with Crippen molar-refractivity contribution in [1.29, 1.82) is 0 Å². The molecule has 2 fully saturated rings. The topological polar surface area (TPSA) is 79.5 Å². The predicted molar refractivity (Wildman–Crippen MR) is 75.4 cm³/mol. The van der Waals surface area contributed by atoms with Crippen LogP contribution in [-0.2, 0) is 11.4 Å². The molecule has 0 aromatic carbocycles. The van der Waals surface area contributed by atoms with E-state index in [2.05, 4.69) is 10.1 Å². The van der Waals surface area contributed by atoms with Crippen LogP contribution in [0.1, 0.15) is 62.6 Å². The molecule has 1 saturated carbocycles. The van der Waals surface area contributed by atoms with Crippen molar-refractivity contribution in [3.05, 3.63) is 11.7 Å². The number of likely N-dealkylation sites (tertiary alicyclic amines) is 1. The Labute approximate surface area is 124 Å². The first kappa shape index (κ1) is 14.5. The lowest BCUT2D eigenvalue weighted by Crippen LogP contribution is -2.30. The second-order valence-electron chi connectivity index (χ2n) is 6.24. The van der Waals surface area contributed by atoms with Crippen molar-refractivity contribution >= 4 is 5.91 Å². The monoisotopic (exact) mass is 293 g/mol. The van der Waals surface area contributed by atoms with Gasteiger partial charge in [0.1, 0.15) is 6.61 Å². The Hall–Kier alpha value is -1.43. The van der Waals surface area contributed by atoms with E-state index < -0.39 is 0 Å². The number of carbonyl (C=O) groups is 1. The van der Waals surface area contributed by atoms with Gasteiger partial charge < -0.3 is 14.5 Å². The highest BCUT2D eigenvalue weighted by Crippen LogP contribution is 2.30. The number of aromatic nitrogens is 2. The number of rotatable bonds is 4. The fourth-order valence-electron chi connectivity index (χ4n) is 3.46. The lowest BCUT2D eigenvalue weighted by atomic mass is 9.87. The molecule has 2 heterocycles. The normalized spacial score (nSPS) is 23.7. The van der Waals surface area contributed by atoms with E-state index in [1.165, 1.54) is 32.1 Å². The Morgan fingerprint density at radius 3 is 2.81 bits per heavy atom. The van der Waals surface area contributed by atoms with Gasteiger partial charge in [0.05, 0.1) is 0 Å². The minimum Gasteiger partial charge on any atom is -0.387 e. The zero-order valence-electron chi connectivity index (χ0n) is 12.3. The molecule has 1 atom stereocenters. The molecule has 116 valence electrons. The molecule has 1 N–H and O–H groups in total.